The smallest absolute Gasteiger partial charge is 0.230 e. The van der Waals surface area contributed by atoms with Crippen molar-refractivity contribution < 1.29 is 14.3 Å². The summed E-state index contributed by atoms with van der Waals surface area (Å²) in [5.74, 6) is 1.89. The average Bonchev–Trinajstić information content (AvgIpc) is 3.15. The molecular formula is C18H17N3O3S2. The highest BCUT2D eigenvalue weighted by molar-refractivity contribution is 8.00. The quantitative estimate of drug-likeness (QED) is 0.518. The first-order valence-corrected chi connectivity index (χ1v) is 10.1. The van der Waals surface area contributed by atoms with Crippen molar-refractivity contribution in [3.05, 3.63) is 41.5 Å². The normalized spacial score (nSPS) is 12.9. The highest BCUT2D eigenvalue weighted by Gasteiger charge is 2.12. The van der Waals surface area contributed by atoms with E-state index in [0.29, 0.717) is 25.5 Å². The van der Waals surface area contributed by atoms with Crippen molar-refractivity contribution in [2.24, 2.45) is 0 Å². The highest BCUT2D eigenvalue weighted by Crippen LogP contribution is 2.31. The molecule has 0 saturated carbocycles. The minimum absolute atomic E-state index is 0.00383. The summed E-state index contributed by atoms with van der Waals surface area (Å²) in [7, 11) is 0. The number of ether oxygens (including phenoxy) is 2. The summed E-state index contributed by atoms with van der Waals surface area (Å²) in [6.45, 7) is 1.74. The standard InChI is InChI=1S/C18H17N3O3S2/c22-16(10-26-18-17-13(4-8-25-17)20-11-21-18)19-5-3-12-1-2-14-15(9-12)24-7-6-23-14/h1-2,4,8-9,11H,3,5-7,10H2,(H,19,22). The minimum Gasteiger partial charge on any atom is -0.486 e. The molecule has 0 saturated heterocycles. The number of nitrogens with one attached hydrogen (secondary N) is 1. The van der Waals surface area contributed by atoms with Crippen molar-refractivity contribution in [3.8, 4) is 11.5 Å². The van der Waals surface area contributed by atoms with Crippen molar-refractivity contribution in [2.45, 2.75) is 11.4 Å². The molecule has 8 heteroatoms. The predicted octanol–water partition coefficient (Wildman–Crippen LogP) is 2.91. The van der Waals surface area contributed by atoms with E-state index in [4.69, 9.17) is 9.47 Å². The monoisotopic (exact) mass is 387 g/mol. The van der Waals surface area contributed by atoms with Gasteiger partial charge in [0.1, 0.15) is 24.6 Å². The van der Waals surface area contributed by atoms with Gasteiger partial charge >= 0.3 is 0 Å². The number of fused-ring (bicyclic) bond motifs is 2. The Balaban J connectivity index is 1.26. The number of benzene rings is 1. The second-order valence-electron chi connectivity index (χ2n) is 5.68. The highest BCUT2D eigenvalue weighted by atomic mass is 32.2. The van der Waals surface area contributed by atoms with Gasteiger partial charge in [-0.3, -0.25) is 4.79 Å². The Bertz CT molecular complexity index is 929. The van der Waals surface area contributed by atoms with Gasteiger partial charge < -0.3 is 14.8 Å². The van der Waals surface area contributed by atoms with Gasteiger partial charge in [-0.1, -0.05) is 17.8 Å². The van der Waals surface area contributed by atoms with Crippen LogP contribution in [0.1, 0.15) is 5.56 Å². The van der Waals surface area contributed by atoms with Gasteiger partial charge in [-0.05, 0) is 35.6 Å². The molecular weight excluding hydrogens is 370 g/mol. The number of rotatable bonds is 6. The number of aromatic nitrogens is 2. The predicted molar refractivity (Wildman–Crippen MR) is 102 cm³/mol. The Morgan fingerprint density at radius 1 is 1.19 bits per heavy atom. The lowest BCUT2D eigenvalue weighted by atomic mass is 10.1. The number of thioether (sulfide) groups is 1. The van der Waals surface area contributed by atoms with Crippen molar-refractivity contribution in [2.75, 3.05) is 25.5 Å². The first kappa shape index (κ1) is 17.1. The number of carbonyl (C=O) groups is 1. The molecule has 26 heavy (non-hydrogen) atoms. The average molecular weight is 387 g/mol. The van der Waals surface area contributed by atoms with Gasteiger partial charge in [-0.15, -0.1) is 11.3 Å². The van der Waals surface area contributed by atoms with Crippen molar-refractivity contribution in [1.82, 2.24) is 15.3 Å². The van der Waals surface area contributed by atoms with Gasteiger partial charge in [-0.2, -0.15) is 0 Å². The van der Waals surface area contributed by atoms with Gasteiger partial charge in [-0.25, -0.2) is 9.97 Å². The topological polar surface area (TPSA) is 73.3 Å². The van der Waals surface area contributed by atoms with E-state index >= 15 is 0 Å². The molecule has 1 N–H and O–H groups in total. The molecule has 0 unspecified atom stereocenters. The van der Waals surface area contributed by atoms with E-state index in [2.05, 4.69) is 15.3 Å². The molecule has 2 aromatic heterocycles. The second kappa shape index (κ2) is 7.92. The zero-order valence-corrected chi connectivity index (χ0v) is 15.6. The number of hydrogen-bond acceptors (Lipinski definition) is 7. The Morgan fingerprint density at radius 2 is 2.08 bits per heavy atom. The fourth-order valence-electron chi connectivity index (χ4n) is 2.64. The van der Waals surface area contributed by atoms with Gasteiger partial charge in [0.15, 0.2) is 11.5 Å². The zero-order valence-electron chi connectivity index (χ0n) is 13.9. The van der Waals surface area contributed by atoms with Crippen LogP contribution in [0.4, 0.5) is 0 Å². The number of nitrogens with zero attached hydrogens (tertiary/aromatic N) is 2. The number of carbonyl (C=O) groups excluding carboxylic acids is 1. The van der Waals surface area contributed by atoms with Crippen LogP contribution in [-0.2, 0) is 11.2 Å². The lowest BCUT2D eigenvalue weighted by Gasteiger charge is -2.18. The Hall–Kier alpha value is -2.32. The SMILES string of the molecule is O=C(CSc1ncnc2ccsc12)NCCc1ccc2c(c1)OCCO2. The summed E-state index contributed by atoms with van der Waals surface area (Å²) in [6.07, 6.45) is 2.28. The van der Waals surface area contributed by atoms with E-state index in [1.54, 1.807) is 11.3 Å². The molecule has 3 heterocycles. The Kier molecular flexibility index (Phi) is 5.21. The van der Waals surface area contributed by atoms with Crippen molar-refractivity contribution in [1.29, 1.82) is 0 Å². The first-order valence-electron chi connectivity index (χ1n) is 8.26. The first-order chi connectivity index (χ1) is 12.8. The molecule has 1 aliphatic rings. The number of thiophene rings is 1. The van der Waals surface area contributed by atoms with Gasteiger partial charge in [0.25, 0.3) is 0 Å². The number of hydrogen-bond donors (Lipinski definition) is 1. The summed E-state index contributed by atoms with van der Waals surface area (Å²) >= 11 is 3.03. The van der Waals surface area contributed by atoms with Crippen LogP contribution in [0.3, 0.4) is 0 Å². The van der Waals surface area contributed by atoms with Crippen LogP contribution >= 0.6 is 23.1 Å². The molecule has 3 aromatic rings. The fraction of sp³-hybridized carbons (Fsp3) is 0.278. The van der Waals surface area contributed by atoms with Crippen LogP contribution in [0.5, 0.6) is 11.5 Å². The third kappa shape index (κ3) is 3.91. The Morgan fingerprint density at radius 3 is 3.00 bits per heavy atom. The molecule has 0 spiro atoms. The third-order valence-corrected chi connectivity index (χ3v) is 5.92. The third-order valence-electron chi connectivity index (χ3n) is 3.89. The summed E-state index contributed by atoms with van der Waals surface area (Å²) < 4.78 is 12.1. The molecule has 0 atom stereocenters. The summed E-state index contributed by atoms with van der Waals surface area (Å²) in [5, 5.41) is 5.79. The second-order valence-corrected chi connectivity index (χ2v) is 7.56. The van der Waals surface area contributed by atoms with Crippen LogP contribution < -0.4 is 14.8 Å². The van der Waals surface area contributed by atoms with Crippen LogP contribution in [0, 0.1) is 0 Å². The molecule has 0 radical (unpaired) electrons. The maximum Gasteiger partial charge on any atom is 0.230 e. The Labute approximate surface area is 158 Å². The molecule has 134 valence electrons. The van der Waals surface area contributed by atoms with Crippen molar-refractivity contribution in [3.63, 3.8) is 0 Å². The molecule has 1 aromatic carbocycles. The lowest BCUT2D eigenvalue weighted by Crippen LogP contribution is -2.27. The van der Waals surface area contributed by atoms with Crippen molar-refractivity contribution >= 4 is 39.2 Å². The molecule has 1 amide bonds. The molecule has 0 bridgehead atoms. The van der Waals surface area contributed by atoms with Gasteiger partial charge in [0.05, 0.1) is 16.0 Å². The van der Waals surface area contributed by atoms with E-state index in [0.717, 1.165) is 38.7 Å². The van der Waals surface area contributed by atoms with E-state index in [1.165, 1.54) is 18.1 Å². The molecule has 0 fully saturated rings. The largest absolute Gasteiger partial charge is 0.486 e. The maximum absolute atomic E-state index is 12.1. The zero-order chi connectivity index (χ0) is 17.8. The molecule has 1 aliphatic heterocycles. The van der Waals surface area contributed by atoms with Crippen LogP contribution in [0.25, 0.3) is 10.2 Å². The fourth-order valence-corrected chi connectivity index (χ4v) is 4.42. The van der Waals surface area contributed by atoms with E-state index in [9.17, 15) is 4.79 Å². The number of amides is 1. The minimum atomic E-state index is -0.00383. The van der Waals surface area contributed by atoms with Crippen LogP contribution in [0.15, 0.2) is 41.0 Å². The van der Waals surface area contributed by atoms with Crippen LogP contribution in [-0.4, -0.2) is 41.4 Å². The molecule has 4 rings (SSSR count). The molecule has 6 nitrogen and oxygen atoms in total. The van der Waals surface area contributed by atoms with Gasteiger partial charge in [0, 0.05) is 6.54 Å². The van der Waals surface area contributed by atoms with E-state index < -0.39 is 0 Å². The summed E-state index contributed by atoms with van der Waals surface area (Å²) in [5.41, 5.74) is 2.03. The lowest BCUT2D eigenvalue weighted by molar-refractivity contribution is -0.118. The van der Waals surface area contributed by atoms with E-state index in [-0.39, 0.29) is 5.91 Å². The van der Waals surface area contributed by atoms with E-state index in [1.807, 2.05) is 29.6 Å². The summed E-state index contributed by atoms with van der Waals surface area (Å²) in [6, 6.07) is 7.86. The molecule has 0 aliphatic carbocycles. The van der Waals surface area contributed by atoms with Gasteiger partial charge in [0.2, 0.25) is 5.91 Å². The maximum atomic E-state index is 12.1. The van der Waals surface area contributed by atoms with Crippen LogP contribution in [0.2, 0.25) is 0 Å². The summed E-state index contributed by atoms with van der Waals surface area (Å²) in [4.78, 5) is 20.6.